The summed E-state index contributed by atoms with van der Waals surface area (Å²) < 4.78 is 8.46. The molecule has 0 atom stereocenters. The van der Waals surface area contributed by atoms with E-state index in [-0.39, 0.29) is 0 Å². The van der Waals surface area contributed by atoms with Gasteiger partial charge in [-0.05, 0) is 0 Å². The fourth-order valence-corrected chi connectivity index (χ4v) is 0.905. The van der Waals surface area contributed by atoms with Crippen LogP contribution in [0.1, 0.15) is 0 Å². The van der Waals surface area contributed by atoms with E-state index in [2.05, 4.69) is 16.0 Å². The van der Waals surface area contributed by atoms with Gasteiger partial charge in [0.2, 0.25) is 0 Å². The van der Waals surface area contributed by atoms with Crippen molar-refractivity contribution in [3.63, 3.8) is 0 Å². The van der Waals surface area contributed by atoms with Gasteiger partial charge in [0.05, 0.1) is 0 Å². The van der Waals surface area contributed by atoms with Crippen LogP contribution in [-0.2, 0) is 4.57 Å². The van der Waals surface area contributed by atoms with Gasteiger partial charge in [0.15, 0.2) is 0 Å². The van der Waals surface area contributed by atoms with Gasteiger partial charge in [-0.15, -0.1) is 0 Å². The summed E-state index contributed by atoms with van der Waals surface area (Å²) in [5.41, 5.74) is 0. The second kappa shape index (κ2) is 10.9. The van der Waals surface area contributed by atoms with Crippen LogP contribution in [-0.4, -0.2) is 44.2 Å². The van der Waals surface area contributed by atoms with E-state index in [0.29, 0.717) is 0 Å². The van der Waals surface area contributed by atoms with Gasteiger partial charge < -0.3 is 20.8 Å². The van der Waals surface area contributed by atoms with E-state index in [9.17, 15) is 0 Å². The maximum absolute atomic E-state index is 8.46. The number of hydrogen-bond acceptors (Lipinski definition) is 4. The molecule has 1 heterocycles. The smallest absolute Gasteiger partial charge is 0.314 e. The van der Waals surface area contributed by atoms with Crippen molar-refractivity contribution in [2.75, 3.05) is 39.3 Å². The standard InChI is InChI=1S/C6H15N3.HO2P/c1-2-8-5-6-9-4-3-7-1;1-3-2/h7-9H,1-6H2;(H,1,2). The van der Waals surface area contributed by atoms with Crippen LogP contribution >= 0.6 is 8.69 Å². The fraction of sp³-hybridized carbons (Fsp3) is 1.00. The normalized spacial score (nSPS) is 19.8. The van der Waals surface area contributed by atoms with E-state index in [1.165, 1.54) is 0 Å². The first-order chi connectivity index (χ1) is 5.91. The highest BCUT2D eigenvalue weighted by molar-refractivity contribution is 7.16. The Morgan fingerprint density at radius 3 is 1.17 bits per heavy atom. The molecular weight excluding hydrogens is 177 g/mol. The van der Waals surface area contributed by atoms with Gasteiger partial charge in [-0.1, -0.05) is 0 Å². The van der Waals surface area contributed by atoms with E-state index < -0.39 is 8.69 Å². The van der Waals surface area contributed by atoms with Crippen molar-refractivity contribution in [3.8, 4) is 0 Å². The highest BCUT2D eigenvalue weighted by Gasteiger charge is 1.91. The Balaban J connectivity index is 0.000000354. The monoisotopic (exact) mass is 193 g/mol. The lowest BCUT2D eigenvalue weighted by molar-refractivity contribution is 0.524. The molecule has 0 aromatic heterocycles. The van der Waals surface area contributed by atoms with E-state index in [1.54, 1.807) is 0 Å². The van der Waals surface area contributed by atoms with Crippen LogP contribution in [0.4, 0.5) is 0 Å². The lowest BCUT2D eigenvalue weighted by Crippen LogP contribution is -2.27. The van der Waals surface area contributed by atoms with Crippen LogP contribution in [0.2, 0.25) is 0 Å². The Kier molecular flexibility index (Phi) is 10.9. The molecule has 0 spiro atoms. The maximum atomic E-state index is 8.46. The topological polar surface area (TPSA) is 73.4 Å². The second-order valence-electron chi connectivity index (χ2n) is 2.33. The molecule has 0 unspecified atom stereocenters. The Morgan fingerprint density at radius 2 is 1.00 bits per heavy atom. The van der Waals surface area contributed by atoms with Crippen molar-refractivity contribution < 1.29 is 9.46 Å². The minimum Gasteiger partial charge on any atom is -0.314 e. The molecule has 0 saturated carbocycles. The van der Waals surface area contributed by atoms with Crippen LogP contribution < -0.4 is 16.0 Å². The van der Waals surface area contributed by atoms with Crippen LogP contribution in [0.25, 0.3) is 0 Å². The van der Waals surface area contributed by atoms with E-state index in [1.807, 2.05) is 0 Å². The molecule has 12 heavy (non-hydrogen) atoms. The Hall–Kier alpha value is -0.0600. The van der Waals surface area contributed by atoms with Crippen molar-refractivity contribution in [2.45, 2.75) is 0 Å². The molecule has 1 aliphatic heterocycles. The Bertz CT molecular complexity index is 76.3. The Morgan fingerprint density at radius 1 is 0.833 bits per heavy atom. The van der Waals surface area contributed by atoms with E-state index >= 15 is 0 Å². The molecule has 0 aromatic carbocycles. The zero-order valence-electron chi connectivity index (χ0n) is 7.05. The maximum Gasteiger partial charge on any atom is 0.324 e. The predicted molar refractivity (Wildman–Crippen MR) is 48.4 cm³/mol. The zero-order valence-corrected chi connectivity index (χ0v) is 7.94. The summed E-state index contributed by atoms with van der Waals surface area (Å²) >= 11 is 0. The molecule has 1 fully saturated rings. The van der Waals surface area contributed by atoms with Crippen LogP contribution in [0, 0.1) is 0 Å². The minimum absolute atomic E-state index is 0.833. The minimum atomic E-state index is -0.833. The summed E-state index contributed by atoms with van der Waals surface area (Å²) in [4.78, 5) is 6.99. The van der Waals surface area contributed by atoms with Crippen molar-refractivity contribution in [2.24, 2.45) is 0 Å². The third kappa shape index (κ3) is 9.94. The first kappa shape index (κ1) is 11.9. The zero-order chi connectivity index (χ0) is 9.07. The lowest BCUT2D eigenvalue weighted by atomic mass is 10.6. The fourth-order valence-electron chi connectivity index (χ4n) is 0.905. The van der Waals surface area contributed by atoms with Gasteiger partial charge >= 0.3 is 8.69 Å². The molecular formula is C6H16N3O2P. The molecule has 1 aliphatic rings. The van der Waals surface area contributed by atoms with Gasteiger partial charge in [-0.25, -0.2) is 4.57 Å². The summed E-state index contributed by atoms with van der Waals surface area (Å²) in [5.74, 6) is 0. The van der Waals surface area contributed by atoms with Crippen molar-refractivity contribution >= 4 is 8.69 Å². The van der Waals surface area contributed by atoms with E-state index in [4.69, 9.17) is 9.46 Å². The van der Waals surface area contributed by atoms with Gasteiger partial charge in [0.1, 0.15) is 0 Å². The van der Waals surface area contributed by atoms with Gasteiger partial charge in [-0.3, -0.25) is 0 Å². The molecule has 72 valence electrons. The molecule has 0 aromatic rings. The van der Waals surface area contributed by atoms with Crippen molar-refractivity contribution in [3.05, 3.63) is 0 Å². The molecule has 1 saturated heterocycles. The molecule has 5 nitrogen and oxygen atoms in total. The first-order valence-electron chi connectivity index (χ1n) is 4.00. The third-order valence-corrected chi connectivity index (χ3v) is 1.44. The van der Waals surface area contributed by atoms with Crippen molar-refractivity contribution in [1.29, 1.82) is 0 Å². The molecule has 0 aliphatic carbocycles. The van der Waals surface area contributed by atoms with Crippen LogP contribution in [0.15, 0.2) is 0 Å². The van der Waals surface area contributed by atoms with E-state index in [0.717, 1.165) is 39.3 Å². The third-order valence-electron chi connectivity index (χ3n) is 1.44. The molecule has 0 amide bonds. The lowest BCUT2D eigenvalue weighted by Gasteiger charge is -1.99. The largest absolute Gasteiger partial charge is 0.324 e. The number of rotatable bonds is 0. The summed E-state index contributed by atoms with van der Waals surface area (Å²) in [6, 6.07) is 0. The van der Waals surface area contributed by atoms with Crippen LogP contribution in [0.3, 0.4) is 0 Å². The van der Waals surface area contributed by atoms with Gasteiger partial charge in [0.25, 0.3) is 0 Å². The molecule has 0 bridgehead atoms. The second-order valence-corrected chi connectivity index (χ2v) is 2.49. The summed E-state index contributed by atoms with van der Waals surface area (Å²) in [6.45, 7) is 6.59. The highest BCUT2D eigenvalue weighted by atomic mass is 31.1. The van der Waals surface area contributed by atoms with Gasteiger partial charge in [-0.2, -0.15) is 0 Å². The summed E-state index contributed by atoms with van der Waals surface area (Å²) in [5, 5.41) is 9.91. The number of hydrogen-bond donors (Lipinski definition) is 4. The first-order valence-corrected chi connectivity index (χ1v) is 4.77. The number of nitrogens with one attached hydrogen (secondary N) is 3. The average Bonchev–Trinajstić information content (AvgIpc) is 2.19. The SMILES string of the molecule is C1CNCCNCCN1.O=PO. The quantitative estimate of drug-likeness (QED) is 0.370. The highest BCUT2D eigenvalue weighted by Crippen LogP contribution is 1.66. The van der Waals surface area contributed by atoms with Crippen LogP contribution in [0.5, 0.6) is 0 Å². The molecule has 0 radical (unpaired) electrons. The van der Waals surface area contributed by atoms with Crippen molar-refractivity contribution in [1.82, 2.24) is 16.0 Å². The Labute approximate surface area is 74.2 Å². The molecule has 4 N–H and O–H groups in total. The average molecular weight is 193 g/mol. The van der Waals surface area contributed by atoms with Gasteiger partial charge in [0, 0.05) is 39.3 Å². The molecule has 6 heteroatoms. The molecule has 1 rings (SSSR count). The predicted octanol–water partition coefficient (Wildman–Crippen LogP) is -1.05. The summed E-state index contributed by atoms with van der Waals surface area (Å²) in [7, 11) is -0.833. The summed E-state index contributed by atoms with van der Waals surface area (Å²) in [6.07, 6.45) is 0.